The minimum absolute atomic E-state index is 0.147. The Morgan fingerprint density at radius 1 is 1.09 bits per heavy atom. The molecule has 0 amide bonds. The first-order valence-electron chi connectivity index (χ1n) is 6.03. The number of aryl methyl sites for hydroxylation is 1. The van der Waals surface area contributed by atoms with Crippen LogP contribution in [0, 0.1) is 6.92 Å². The van der Waals surface area contributed by atoms with E-state index in [1.807, 2.05) is 0 Å². The summed E-state index contributed by atoms with van der Waals surface area (Å²) in [5.41, 5.74) is 0.888. The average Bonchev–Trinajstić information content (AvgIpc) is 2.37. The molecule has 0 unspecified atom stereocenters. The summed E-state index contributed by atoms with van der Waals surface area (Å²) in [6.07, 6.45) is -3.68. The number of nitrogens with zero attached hydrogens (tertiary/aromatic N) is 1. The molecule has 0 aliphatic heterocycles. The van der Waals surface area contributed by atoms with Crippen molar-refractivity contribution in [1.82, 2.24) is 4.98 Å². The molecule has 0 bridgehead atoms. The van der Waals surface area contributed by atoms with Crippen LogP contribution in [0.15, 0.2) is 36.5 Å². The molecule has 0 N–H and O–H groups in total. The second-order valence-corrected chi connectivity index (χ2v) is 4.26. The van der Waals surface area contributed by atoms with Gasteiger partial charge in [-0.15, -0.1) is 13.2 Å². The van der Waals surface area contributed by atoms with Gasteiger partial charge >= 0.3 is 13.0 Å². The van der Waals surface area contributed by atoms with Crippen molar-refractivity contribution in [2.45, 2.75) is 19.9 Å². The Hall–Kier alpha value is -2.38. The Morgan fingerprint density at radius 3 is 2.36 bits per heavy atom. The van der Waals surface area contributed by atoms with Crippen molar-refractivity contribution in [1.29, 1.82) is 0 Å². The highest BCUT2D eigenvalue weighted by molar-refractivity contribution is 5.72. The van der Waals surface area contributed by atoms with Gasteiger partial charge in [-0.3, -0.25) is 0 Å². The van der Waals surface area contributed by atoms with Gasteiger partial charge in [0.1, 0.15) is 5.75 Å². The lowest BCUT2D eigenvalue weighted by atomic mass is 10.0. The van der Waals surface area contributed by atoms with Crippen molar-refractivity contribution in [3.8, 4) is 22.8 Å². The lowest BCUT2D eigenvalue weighted by Gasteiger charge is -2.15. The van der Waals surface area contributed by atoms with Crippen LogP contribution < -0.4 is 9.47 Å². The molecule has 0 aliphatic rings. The van der Waals surface area contributed by atoms with Crippen LogP contribution in [0.5, 0.6) is 11.6 Å². The summed E-state index contributed by atoms with van der Waals surface area (Å²) in [6.45, 7) is -1.49. The maximum Gasteiger partial charge on any atom is 0.573 e. The maximum absolute atomic E-state index is 12.4. The van der Waals surface area contributed by atoms with E-state index < -0.39 is 18.7 Å². The van der Waals surface area contributed by atoms with E-state index in [2.05, 4.69) is 14.5 Å². The van der Waals surface area contributed by atoms with Crippen LogP contribution in [0.25, 0.3) is 11.1 Å². The zero-order chi connectivity index (χ0) is 16.3. The molecule has 0 saturated carbocycles. The first kappa shape index (κ1) is 16.0. The van der Waals surface area contributed by atoms with E-state index in [1.165, 1.54) is 24.3 Å². The summed E-state index contributed by atoms with van der Waals surface area (Å²) in [7, 11) is 0. The molecule has 8 heteroatoms. The average molecular weight is 319 g/mol. The van der Waals surface area contributed by atoms with Gasteiger partial charge in [-0.2, -0.15) is 8.78 Å². The third-order valence-electron chi connectivity index (χ3n) is 2.70. The number of hydrogen-bond donors (Lipinski definition) is 0. The van der Waals surface area contributed by atoms with E-state index >= 15 is 0 Å². The van der Waals surface area contributed by atoms with E-state index in [0.29, 0.717) is 11.1 Å². The molecule has 118 valence electrons. The maximum atomic E-state index is 12.4. The Morgan fingerprint density at radius 2 is 1.77 bits per heavy atom. The van der Waals surface area contributed by atoms with Gasteiger partial charge in [-0.25, -0.2) is 4.98 Å². The first-order valence-corrected chi connectivity index (χ1v) is 6.03. The van der Waals surface area contributed by atoms with E-state index in [-0.39, 0.29) is 11.4 Å². The summed E-state index contributed by atoms with van der Waals surface area (Å²) in [5, 5.41) is 0. The fourth-order valence-corrected chi connectivity index (χ4v) is 1.87. The van der Waals surface area contributed by atoms with Crippen LogP contribution in [-0.2, 0) is 0 Å². The van der Waals surface area contributed by atoms with Gasteiger partial charge in [0.05, 0.1) is 0 Å². The van der Waals surface area contributed by atoms with Gasteiger partial charge in [0.25, 0.3) is 0 Å². The van der Waals surface area contributed by atoms with E-state index in [9.17, 15) is 22.0 Å². The van der Waals surface area contributed by atoms with Crippen LogP contribution >= 0.6 is 0 Å². The van der Waals surface area contributed by atoms with Crippen LogP contribution in [0.4, 0.5) is 22.0 Å². The first-order chi connectivity index (χ1) is 10.3. The molecule has 2 rings (SSSR count). The second kappa shape index (κ2) is 6.17. The molecule has 22 heavy (non-hydrogen) atoms. The van der Waals surface area contributed by atoms with Gasteiger partial charge in [-0.1, -0.05) is 18.2 Å². The standard InChI is InChI=1S/C14H10F5NO2/c1-8-6-12(21-13(15)16)20-7-10(8)9-4-2-3-5-11(9)22-14(17,18)19/h2-7,13H,1H3. The molecule has 2 aromatic rings. The molecule has 1 aromatic carbocycles. The number of alkyl halides is 5. The molecule has 1 aromatic heterocycles. The van der Waals surface area contributed by atoms with Crippen molar-refractivity contribution in [2.75, 3.05) is 0 Å². The molecule has 0 radical (unpaired) electrons. The quantitative estimate of drug-likeness (QED) is 0.774. The van der Waals surface area contributed by atoms with Gasteiger partial charge < -0.3 is 9.47 Å². The molecule has 1 heterocycles. The fourth-order valence-electron chi connectivity index (χ4n) is 1.87. The van der Waals surface area contributed by atoms with Crippen molar-refractivity contribution < 1.29 is 31.4 Å². The molecular weight excluding hydrogens is 309 g/mol. The Balaban J connectivity index is 2.40. The number of benzene rings is 1. The van der Waals surface area contributed by atoms with Crippen molar-refractivity contribution in [3.05, 3.63) is 42.1 Å². The van der Waals surface area contributed by atoms with Gasteiger partial charge in [-0.05, 0) is 18.6 Å². The molecule has 0 atom stereocenters. The van der Waals surface area contributed by atoms with Crippen LogP contribution in [0.3, 0.4) is 0 Å². The summed E-state index contributed by atoms with van der Waals surface area (Å²) in [6, 6.07) is 6.71. The second-order valence-electron chi connectivity index (χ2n) is 4.26. The normalized spacial score (nSPS) is 11.6. The Bertz CT molecular complexity index is 658. The predicted octanol–water partition coefficient (Wildman–Crippen LogP) is 4.56. The highest BCUT2D eigenvalue weighted by Crippen LogP contribution is 2.35. The minimum atomic E-state index is -4.84. The lowest BCUT2D eigenvalue weighted by Crippen LogP contribution is -2.17. The van der Waals surface area contributed by atoms with Gasteiger partial charge in [0.2, 0.25) is 5.88 Å². The smallest absolute Gasteiger partial charge is 0.417 e. The largest absolute Gasteiger partial charge is 0.573 e. The van der Waals surface area contributed by atoms with E-state index in [4.69, 9.17) is 0 Å². The molecular formula is C14H10F5NO2. The van der Waals surface area contributed by atoms with E-state index in [0.717, 1.165) is 12.3 Å². The van der Waals surface area contributed by atoms with Gasteiger partial charge in [0.15, 0.2) is 0 Å². The number of para-hydroxylation sites is 1. The summed E-state index contributed by atoms with van der Waals surface area (Å²) in [4.78, 5) is 3.65. The van der Waals surface area contributed by atoms with Crippen molar-refractivity contribution in [3.63, 3.8) is 0 Å². The van der Waals surface area contributed by atoms with E-state index in [1.54, 1.807) is 6.92 Å². The van der Waals surface area contributed by atoms with Crippen molar-refractivity contribution in [2.24, 2.45) is 0 Å². The number of hydrogen-bond acceptors (Lipinski definition) is 3. The Labute approximate surface area is 122 Å². The minimum Gasteiger partial charge on any atom is -0.417 e. The number of aromatic nitrogens is 1. The predicted molar refractivity (Wildman–Crippen MR) is 67.7 cm³/mol. The molecule has 3 nitrogen and oxygen atoms in total. The molecule has 0 fully saturated rings. The molecule has 0 saturated heterocycles. The lowest BCUT2D eigenvalue weighted by molar-refractivity contribution is -0.274. The zero-order valence-corrected chi connectivity index (χ0v) is 11.2. The Kier molecular flexibility index (Phi) is 4.48. The van der Waals surface area contributed by atoms with Crippen LogP contribution in [0.1, 0.15) is 5.56 Å². The zero-order valence-electron chi connectivity index (χ0n) is 11.2. The molecule has 0 spiro atoms. The number of halogens is 5. The monoisotopic (exact) mass is 319 g/mol. The topological polar surface area (TPSA) is 31.4 Å². The third kappa shape index (κ3) is 4.06. The SMILES string of the molecule is Cc1cc(OC(F)F)ncc1-c1ccccc1OC(F)(F)F. The van der Waals surface area contributed by atoms with Crippen molar-refractivity contribution >= 4 is 0 Å². The number of rotatable bonds is 4. The van der Waals surface area contributed by atoms with Crippen LogP contribution in [0.2, 0.25) is 0 Å². The van der Waals surface area contributed by atoms with Crippen LogP contribution in [-0.4, -0.2) is 18.0 Å². The number of ether oxygens (including phenoxy) is 2. The highest BCUT2D eigenvalue weighted by Gasteiger charge is 2.32. The fraction of sp³-hybridized carbons (Fsp3) is 0.214. The van der Waals surface area contributed by atoms with Gasteiger partial charge in [0, 0.05) is 23.4 Å². The summed E-state index contributed by atoms with van der Waals surface area (Å²) >= 11 is 0. The highest BCUT2D eigenvalue weighted by atomic mass is 19.4. The third-order valence-corrected chi connectivity index (χ3v) is 2.70. The summed E-state index contributed by atoms with van der Waals surface area (Å²) < 4.78 is 69.5. The number of pyridine rings is 1. The molecule has 0 aliphatic carbocycles. The summed E-state index contributed by atoms with van der Waals surface area (Å²) in [5.74, 6) is -0.715.